The molecule has 0 fully saturated rings. The molecule has 2 aromatic rings. The summed E-state index contributed by atoms with van der Waals surface area (Å²) in [4.78, 5) is 12.3. The highest BCUT2D eigenvalue weighted by atomic mass is 79.9. The number of amides is 1. The Morgan fingerprint density at radius 2 is 2.00 bits per heavy atom. The number of carbonyl (C=O) groups excluding carboxylic acids is 1. The summed E-state index contributed by atoms with van der Waals surface area (Å²) in [6.45, 7) is 2.16. The van der Waals surface area contributed by atoms with Crippen molar-refractivity contribution >= 4 is 21.8 Å². The van der Waals surface area contributed by atoms with Crippen molar-refractivity contribution in [2.75, 3.05) is 6.61 Å². The van der Waals surface area contributed by atoms with E-state index in [0.717, 1.165) is 10.0 Å². The number of halogens is 1. The maximum atomic E-state index is 12.3. The van der Waals surface area contributed by atoms with Crippen LogP contribution in [0.25, 0.3) is 0 Å². The van der Waals surface area contributed by atoms with Crippen molar-refractivity contribution in [1.29, 1.82) is 0 Å². The molecule has 5 heteroatoms. The predicted octanol–water partition coefficient (Wildman–Crippen LogP) is 3.47. The lowest BCUT2D eigenvalue weighted by Gasteiger charge is -2.26. The number of para-hydroxylation sites is 2. The van der Waals surface area contributed by atoms with Gasteiger partial charge in [0.1, 0.15) is 6.61 Å². The Morgan fingerprint density at radius 3 is 2.77 bits per heavy atom. The minimum atomic E-state index is -0.635. The van der Waals surface area contributed by atoms with Crippen molar-refractivity contribution in [3.63, 3.8) is 0 Å². The van der Waals surface area contributed by atoms with Gasteiger partial charge in [-0.25, -0.2) is 0 Å². The number of nitrogens with one attached hydrogen (secondary N) is 1. The van der Waals surface area contributed by atoms with E-state index in [1.54, 1.807) is 6.07 Å². The average Bonchev–Trinajstić information content (AvgIpc) is 2.54. The number of hydrogen-bond acceptors (Lipinski definition) is 3. The molecule has 0 aromatic heterocycles. The highest BCUT2D eigenvalue weighted by Crippen LogP contribution is 2.31. The lowest BCUT2D eigenvalue weighted by Crippen LogP contribution is -2.44. The first-order valence-corrected chi connectivity index (χ1v) is 7.87. The van der Waals surface area contributed by atoms with Crippen LogP contribution in [-0.4, -0.2) is 18.6 Å². The van der Waals surface area contributed by atoms with Crippen LogP contribution in [-0.2, 0) is 4.79 Å². The predicted molar refractivity (Wildman–Crippen MR) is 87.1 cm³/mol. The fourth-order valence-corrected chi connectivity index (χ4v) is 2.73. The lowest BCUT2D eigenvalue weighted by atomic mass is 10.1. The molecule has 0 radical (unpaired) electrons. The van der Waals surface area contributed by atoms with Crippen LogP contribution >= 0.6 is 15.9 Å². The lowest BCUT2D eigenvalue weighted by molar-refractivity contribution is -0.131. The number of rotatable bonds is 3. The zero-order chi connectivity index (χ0) is 15.5. The third kappa shape index (κ3) is 3.25. The molecule has 2 unspecified atom stereocenters. The van der Waals surface area contributed by atoms with E-state index in [2.05, 4.69) is 21.2 Å². The molecule has 2 atom stereocenters. The first-order valence-electron chi connectivity index (χ1n) is 7.08. The van der Waals surface area contributed by atoms with Crippen molar-refractivity contribution in [2.24, 2.45) is 0 Å². The second-order valence-corrected chi connectivity index (χ2v) is 6.07. The van der Waals surface area contributed by atoms with E-state index in [4.69, 9.17) is 9.47 Å². The number of benzene rings is 2. The van der Waals surface area contributed by atoms with Crippen molar-refractivity contribution in [3.05, 3.63) is 58.6 Å². The van der Waals surface area contributed by atoms with Gasteiger partial charge in [0, 0.05) is 4.47 Å². The third-order valence-electron chi connectivity index (χ3n) is 3.51. The van der Waals surface area contributed by atoms with Gasteiger partial charge in [-0.05, 0) is 36.8 Å². The van der Waals surface area contributed by atoms with Crippen LogP contribution in [0.1, 0.15) is 18.5 Å². The molecule has 114 valence electrons. The minimum absolute atomic E-state index is 0.106. The van der Waals surface area contributed by atoms with Crippen molar-refractivity contribution in [2.45, 2.75) is 19.1 Å². The third-order valence-corrected chi connectivity index (χ3v) is 4.00. The van der Waals surface area contributed by atoms with Gasteiger partial charge in [-0.15, -0.1) is 0 Å². The van der Waals surface area contributed by atoms with Gasteiger partial charge in [0.15, 0.2) is 11.5 Å². The van der Waals surface area contributed by atoms with E-state index in [0.29, 0.717) is 11.5 Å². The molecule has 1 heterocycles. The zero-order valence-corrected chi connectivity index (χ0v) is 13.7. The molecule has 1 amide bonds. The Kier molecular flexibility index (Phi) is 4.34. The molecule has 3 rings (SSSR count). The van der Waals surface area contributed by atoms with Gasteiger partial charge < -0.3 is 14.8 Å². The van der Waals surface area contributed by atoms with Crippen LogP contribution in [0.5, 0.6) is 11.5 Å². The van der Waals surface area contributed by atoms with E-state index < -0.39 is 6.10 Å². The summed E-state index contributed by atoms with van der Waals surface area (Å²) in [6.07, 6.45) is -0.635. The number of fused-ring (bicyclic) bond motifs is 1. The van der Waals surface area contributed by atoms with E-state index >= 15 is 0 Å². The molecular weight excluding hydrogens is 346 g/mol. The van der Waals surface area contributed by atoms with Gasteiger partial charge in [-0.2, -0.15) is 0 Å². The van der Waals surface area contributed by atoms with Crippen LogP contribution in [0.15, 0.2) is 53.0 Å². The summed E-state index contributed by atoms with van der Waals surface area (Å²) in [7, 11) is 0. The van der Waals surface area contributed by atoms with Crippen molar-refractivity contribution in [1.82, 2.24) is 5.32 Å². The minimum Gasteiger partial charge on any atom is -0.485 e. The number of hydrogen-bond donors (Lipinski definition) is 1. The second kappa shape index (κ2) is 6.40. The monoisotopic (exact) mass is 361 g/mol. The normalized spacial score (nSPS) is 17.6. The summed E-state index contributed by atoms with van der Waals surface area (Å²) < 4.78 is 12.3. The molecule has 4 nitrogen and oxygen atoms in total. The summed E-state index contributed by atoms with van der Waals surface area (Å²) in [5, 5.41) is 2.96. The zero-order valence-electron chi connectivity index (χ0n) is 12.1. The van der Waals surface area contributed by atoms with Gasteiger partial charge in [0.2, 0.25) is 6.10 Å². The SMILES string of the molecule is CC(NC(=O)C1COc2ccccc2O1)c1cccc(Br)c1. The fourth-order valence-electron chi connectivity index (χ4n) is 2.31. The quantitative estimate of drug-likeness (QED) is 0.910. The van der Waals surface area contributed by atoms with E-state index in [1.807, 2.05) is 49.4 Å². The summed E-state index contributed by atoms with van der Waals surface area (Å²) in [5.41, 5.74) is 1.03. The highest BCUT2D eigenvalue weighted by Gasteiger charge is 2.28. The van der Waals surface area contributed by atoms with Gasteiger partial charge in [-0.1, -0.05) is 40.2 Å². The molecule has 0 spiro atoms. The van der Waals surface area contributed by atoms with E-state index in [1.165, 1.54) is 0 Å². The molecule has 0 aliphatic carbocycles. The molecule has 1 N–H and O–H groups in total. The van der Waals surface area contributed by atoms with Crippen LogP contribution in [0.4, 0.5) is 0 Å². The van der Waals surface area contributed by atoms with E-state index in [-0.39, 0.29) is 18.6 Å². The van der Waals surface area contributed by atoms with Gasteiger partial charge >= 0.3 is 0 Å². The number of carbonyl (C=O) groups is 1. The summed E-state index contributed by atoms with van der Waals surface area (Å²) in [5.74, 6) is 1.09. The molecule has 0 saturated heterocycles. The number of ether oxygens (including phenoxy) is 2. The smallest absolute Gasteiger partial charge is 0.265 e. The van der Waals surface area contributed by atoms with Crippen LogP contribution in [0, 0.1) is 0 Å². The standard InChI is InChI=1S/C17H16BrNO3/c1-11(12-5-4-6-13(18)9-12)19-17(20)16-10-21-14-7-2-3-8-15(14)22-16/h2-9,11,16H,10H2,1H3,(H,19,20). The van der Waals surface area contributed by atoms with Crippen LogP contribution in [0.2, 0.25) is 0 Å². The molecule has 2 aromatic carbocycles. The Hall–Kier alpha value is -2.01. The Bertz CT molecular complexity index is 689. The largest absolute Gasteiger partial charge is 0.485 e. The van der Waals surface area contributed by atoms with Gasteiger partial charge in [-0.3, -0.25) is 4.79 Å². The van der Waals surface area contributed by atoms with Crippen molar-refractivity contribution in [3.8, 4) is 11.5 Å². The first kappa shape index (κ1) is 14.9. The highest BCUT2D eigenvalue weighted by molar-refractivity contribution is 9.10. The molecule has 1 aliphatic heterocycles. The molecule has 22 heavy (non-hydrogen) atoms. The van der Waals surface area contributed by atoms with Gasteiger partial charge in [0.05, 0.1) is 6.04 Å². The molecule has 0 bridgehead atoms. The maximum Gasteiger partial charge on any atom is 0.265 e. The molecule has 1 aliphatic rings. The molecular formula is C17H16BrNO3. The Labute approximate surface area is 137 Å². The molecule has 0 saturated carbocycles. The van der Waals surface area contributed by atoms with Crippen LogP contribution < -0.4 is 14.8 Å². The summed E-state index contributed by atoms with van der Waals surface area (Å²) >= 11 is 3.43. The Morgan fingerprint density at radius 1 is 1.23 bits per heavy atom. The average molecular weight is 362 g/mol. The van der Waals surface area contributed by atoms with E-state index in [9.17, 15) is 4.79 Å². The van der Waals surface area contributed by atoms with Crippen LogP contribution in [0.3, 0.4) is 0 Å². The van der Waals surface area contributed by atoms with Crippen molar-refractivity contribution < 1.29 is 14.3 Å². The first-order chi connectivity index (χ1) is 10.6. The maximum absolute atomic E-state index is 12.3. The topological polar surface area (TPSA) is 47.6 Å². The second-order valence-electron chi connectivity index (χ2n) is 5.15. The van der Waals surface area contributed by atoms with Gasteiger partial charge in [0.25, 0.3) is 5.91 Å². The fraction of sp³-hybridized carbons (Fsp3) is 0.235. The Balaban J connectivity index is 1.65. The summed E-state index contributed by atoms with van der Waals surface area (Å²) in [6, 6.07) is 15.1.